The number of nitrogens with zero attached hydrogens (tertiary/aromatic N) is 3. The van der Waals surface area contributed by atoms with Crippen LogP contribution in [0.5, 0.6) is 0 Å². The van der Waals surface area contributed by atoms with Crippen LogP contribution in [0.4, 0.5) is 0 Å². The molecule has 0 bridgehead atoms. The Kier molecular flexibility index (Phi) is 6.81. The fourth-order valence-corrected chi connectivity index (χ4v) is 9.06. The third-order valence-corrected chi connectivity index (χ3v) is 11.7. The molecule has 0 aliphatic heterocycles. The zero-order valence-electron chi connectivity index (χ0n) is 30.3. The Morgan fingerprint density at radius 2 is 1.23 bits per heavy atom. The quantitative estimate of drug-likeness (QED) is 0.181. The predicted molar refractivity (Wildman–Crippen MR) is 226 cm³/mol. The highest BCUT2D eigenvalue weighted by Gasteiger charge is 2.32. The van der Waals surface area contributed by atoms with Crippen LogP contribution >= 0.6 is 0 Å². The number of hydrogen-bond acceptors (Lipinski definition) is 5. The maximum atomic E-state index is 6.76. The van der Waals surface area contributed by atoms with E-state index in [1.807, 2.05) is 12.1 Å². The van der Waals surface area contributed by atoms with E-state index in [-0.39, 0.29) is 11.8 Å². The molecule has 3 unspecified atom stereocenters. The zero-order valence-corrected chi connectivity index (χ0v) is 30.3. The topological polar surface area (TPSA) is 65.0 Å². The van der Waals surface area contributed by atoms with Crippen molar-refractivity contribution in [3.63, 3.8) is 0 Å². The second kappa shape index (κ2) is 12.2. The van der Waals surface area contributed by atoms with Gasteiger partial charge in [-0.2, -0.15) is 0 Å². The molecule has 5 heteroatoms. The van der Waals surface area contributed by atoms with Crippen molar-refractivity contribution < 1.29 is 8.83 Å². The Labute approximate surface area is 322 Å². The van der Waals surface area contributed by atoms with Crippen molar-refractivity contribution in [3.05, 3.63) is 198 Å². The lowest BCUT2D eigenvalue weighted by Crippen LogP contribution is -2.14. The van der Waals surface area contributed by atoms with Gasteiger partial charge in [-0.3, -0.25) is 0 Å². The highest BCUT2D eigenvalue weighted by Crippen LogP contribution is 2.47. The first-order valence-corrected chi connectivity index (χ1v) is 19.3. The number of allylic oxidation sites excluding steroid dienone is 9. The average molecular weight is 720 g/mol. The van der Waals surface area contributed by atoms with Crippen LogP contribution in [0, 0.1) is 11.8 Å². The van der Waals surface area contributed by atoms with Gasteiger partial charge in [0.2, 0.25) is 0 Å². The third-order valence-electron chi connectivity index (χ3n) is 11.7. The first kappa shape index (κ1) is 31.3. The Hall–Kier alpha value is -7.11. The molecule has 6 aromatic carbocycles. The molecule has 56 heavy (non-hydrogen) atoms. The summed E-state index contributed by atoms with van der Waals surface area (Å²) in [6.07, 6.45) is 18.5. The largest absolute Gasteiger partial charge is 0.460 e. The van der Waals surface area contributed by atoms with Crippen LogP contribution in [0.2, 0.25) is 0 Å². The molecule has 0 saturated heterocycles. The van der Waals surface area contributed by atoms with Gasteiger partial charge in [0.1, 0.15) is 22.5 Å². The Bertz CT molecular complexity index is 3260. The van der Waals surface area contributed by atoms with Crippen LogP contribution in [0.3, 0.4) is 0 Å². The summed E-state index contributed by atoms with van der Waals surface area (Å²) in [5.41, 5.74) is 7.75. The minimum absolute atomic E-state index is 0.0516. The molecule has 3 atom stereocenters. The summed E-state index contributed by atoms with van der Waals surface area (Å²) >= 11 is 0. The molecule has 12 rings (SSSR count). The van der Waals surface area contributed by atoms with Crippen molar-refractivity contribution in [2.75, 3.05) is 0 Å². The van der Waals surface area contributed by atoms with Crippen LogP contribution in [-0.4, -0.2) is 15.0 Å². The van der Waals surface area contributed by atoms with E-state index in [1.54, 1.807) is 0 Å². The van der Waals surface area contributed by atoms with Crippen LogP contribution in [0.1, 0.15) is 34.5 Å². The number of hydrogen-bond donors (Lipinski definition) is 0. The van der Waals surface area contributed by atoms with E-state index in [2.05, 4.69) is 158 Å². The highest BCUT2D eigenvalue weighted by molar-refractivity contribution is 6.17. The summed E-state index contributed by atoms with van der Waals surface area (Å²) in [5, 5.41) is 7.85. The molecule has 0 amide bonds. The number of para-hydroxylation sites is 2. The summed E-state index contributed by atoms with van der Waals surface area (Å²) < 4.78 is 13.4. The maximum absolute atomic E-state index is 6.76. The van der Waals surface area contributed by atoms with Crippen molar-refractivity contribution in [3.8, 4) is 11.4 Å². The van der Waals surface area contributed by atoms with E-state index in [0.29, 0.717) is 29.8 Å². The van der Waals surface area contributed by atoms with Crippen molar-refractivity contribution in [2.24, 2.45) is 11.8 Å². The lowest BCUT2D eigenvalue weighted by molar-refractivity contribution is 0.532. The Balaban J connectivity index is 1.12. The fourth-order valence-electron chi connectivity index (χ4n) is 9.06. The molecule has 3 aliphatic carbocycles. The molecule has 0 fully saturated rings. The van der Waals surface area contributed by atoms with Crippen molar-refractivity contribution in [1.29, 1.82) is 0 Å². The van der Waals surface area contributed by atoms with Gasteiger partial charge in [0.25, 0.3) is 0 Å². The van der Waals surface area contributed by atoms with E-state index in [0.717, 1.165) is 77.1 Å². The summed E-state index contributed by atoms with van der Waals surface area (Å²) in [7, 11) is 0. The van der Waals surface area contributed by atoms with Crippen molar-refractivity contribution in [2.45, 2.75) is 12.3 Å². The van der Waals surface area contributed by atoms with Crippen LogP contribution in [0.25, 0.3) is 77.0 Å². The summed E-state index contributed by atoms with van der Waals surface area (Å²) in [5.74, 6) is 3.36. The highest BCUT2D eigenvalue weighted by atomic mass is 16.3. The van der Waals surface area contributed by atoms with Gasteiger partial charge in [-0.15, -0.1) is 0 Å². The molecule has 5 nitrogen and oxygen atoms in total. The summed E-state index contributed by atoms with van der Waals surface area (Å²) in [6, 6.07) is 42.4. The predicted octanol–water partition coefficient (Wildman–Crippen LogP) is 12.6. The van der Waals surface area contributed by atoms with Crippen LogP contribution in [-0.2, 0) is 6.42 Å². The van der Waals surface area contributed by atoms with Gasteiger partial charge in [0.15, 0.2) is 17.5 Å². The van der Waals surface area contributed by atoms with E-state index in [1.165, 1.54) is 10.9 Å². The Morgan fingerprint density at radius 3 is 2.11 bits per heavy atom. The molecule has 9 aromatic rings. The van der Waals surface area contributed by atoms with Crippen LogP contribution in [0.15, 0.2) is 179 Å². The van der Waals surface area contributed by atoms with Crippen molar-refractivity contribution >= 4 is 65.6 Å². The molecule has 3 aromatic heterocycles. The maximum Gasteiger partial charge on any atom is 0.164 e. The second-order valence-electron chi connectivity index (χ2n) is 15.1. The van der Waals surface area contributed by atoms with Gasteiger partial charge >= 0.3 is 0 Å². The van der Waals surface area contributed by atoms with Crippen molar-refractivity contribution in [1.82, 2.24) is 15.0 Å². The van der Waals surface area contributed by atoms with Gasteiger partial charge < -0.3 is 8.83 Å². The molecular weight excluding hydrogens is 687 g/mol. The van der Waals surface area contributed by atoms with Gasteiger partial charge in [0.05, 0.1) is 0 Å². The summed E-state index contributed by atoms with van der Waals surface area (Å²) in [4.78, 5) is 15.9. The first-order chi connectivity index (χ1) is 27.7. The smallest absolute Gasteiger partial charge is 0.164 e. The monoisotopic (exact) mass is 719 g/mol. The molecule has 0 N–H and O–H groups in total. The van der Waals surface area contributed by atoms with E-state index >= 15 is 0 Å². The van der Waals surface area contributed by atoms with Gasteiger partial charge in [-0.25, -0.2) is 15.0 Å². The van der Waals surface area contributed by atoms with Gasteiger partial charge in [0, 0.05) is 68.0 Å². The van der Waals surface area contributed by atoms with E-state index < -0.39 is 0 Å². The number of aromatic nitrogens is 3. The van der Waals surface area contributed by atoms with E-state index in [9.17, 15) is 0 Å². The standard InChI is InChI=1S/C51H33N3O2/c1-3-13-32-25-35(23-21-30(32)11-1)49-52-50(36-24-22-31-12-2-4-14-33(31)26-36)54-51(53-49)42-28-37(29-45-46(42)39-17-7-9-19-43(39)55-45)41-27-34-15-5-6-16-38(34)48-47(41)40-18-8-10-20-44(40)56-48/h1-28,30,32,37H,29H2. The Morgan fingerprint density at radius 1 is 0.536 bits per heavy atom. The second-order valence-corrected chi connectivity index (χ2v) is 15.1. The van der Waals surface area contributed by atoms with Gasteiger partial charge in [-0.05, 0) is 46.0 Å². The first-order valence-electron chi connectivity index (χ1n) is 19.3. The number of fused-ring (bicyclic) bond motifs is 10. The third kappa shape index (κ3) is 4.90. The molecule has 264 valence electrons. The number of benzene rings is 6. The van der Waals surface area contributed by atoms with Crippen LogP contribution < -0.4 is 0 Å². The molecule has 0 spiro atoms. The number of furan rings is 2. The lowest BCUT2D eigenvalue weighted by atomic mass is 9.81. The lowest BCUT2D eigenvalue weighted by Gasteiger charge is -2.24. The molecular formula is C51H33N3O2. The minimum atomic E-state index is -0.0516. The number of rotatable bonds is 4. The minimum Gasteiger partial charge on any atom is -0.460 e. The van der Waals surface area contributed by atoms with E-state index in [4.69, 9.17) is 23.8 Å². The molecule has 3 heterocycles. The SMILES string of the molecule is C1=CC2C=CC(c3nc(C4=CC(c5cc6ccccc6c6oc7ccccc7c56)Cc5oc6ccccc6c54)nc(-c4ccc5ccccc5c4)n3)=CC2C=C1. The summed E-state index contributed by atoms with van der Waals surface area (Å²) in [6.45, 7) is 0. The normalized spacial score (nSPS) is 18.8. The van der Waals surface area contributed by atoms with Gasteiger partial charge in [-0.1, -0.05) is 146 Å². The zero-order chi connectivity index (χ0) is 36.7. The fraction of sp³-hybridized carbons (Fsp3) is 0.0784. The molecule has 0 radical (unpaired) electrons. The molecule has 0 saturated carbocycles. The average Bonchev–Trinajstić information content (AvgIpc) is 3.84. The molecule has 3 aliphatic rings.